The largest absolute Gasteiger partial charge is 0.491 e. The molecule has 0 saturated carbocycles. The molecule has 5 heteroatoms. The molecule has 2 aromatic rings. The summed E-state index contributed by atoms with van der Waals surface area (Å²) in [6.07, 6.45) is 0.939. The normalized spacial score (nSPS) is 10.2. The summed E-state index contributed by atoms with van der Waals surface area (Å²) < 4.78 is 10.8. The van der Waals surface area contributed by atoms with E-state index in [1.54, 1.807) is 6.07 Å². The number of hydrogen-bond acceptors (Lipinski definition) is 4. The number of aromatic carboxylic acids is 1. The molecule has 0 aliphatic heterocycles. The molecule has 2 N–H and O–H groups in total. The van der Waals surface area contributed by atoms with Crippen molar-refractivity contribution in [2.75, 3.05) is 11.9 Å². The lowest BCUT2D eigenvalue weighted by Gasteiger charge is -2.11. The van der Waals surface area contributed by atoms with E-state index in [2.05, 4.69) is 5.32 Å². The number of carboxylic acids is 1. The number of rotatable bonds is 7. The fourth-order valence-electron chi connectivity index (χ4n) is 1.72. The minimum atomic E-state index is -1.07. The molecule has 20 heavy (non-hydrogen) atoms. The Labute approximate surface area is 117 Å². The standard InChI is InChI=1S/C15H17NO4/c1-2-9-19-13-6-4-3-5-12(13)16-10-11-7-8-14(20-11)15(17)18/h3-8,16H,2,9-10H2,1H3,(H,17,18). The summed E-state index contributed by atoms with van der Waals surface area (Å²) >= 11 is 0. The Kier molecular flexibility index (Phi) is 4.65. The maximum Gasteiger partial charge on any atom is 0.371 e. The topological polar surface area (TPSA) is 71.7 Å². The van der Waals surface area contributed by atoms with Gasteiger partial charge in [-0.25, -0.2) is 4.79 Å². The first kappa shape index (κ1) is 14.0. The van der Waals surface area contributed by atoms with Gasteiger partial charge >= 0.3 is 5.97 Å². The molecule has 0 saturated heterocycles. The number of ether oxygens (including phenoxy) is 1. The number of anilines is 1. The molecule has 1 heterocycles. The van der Waals surface area contributed by atoms with Gasteiger partial charge < -0.3 is 19.6 Å². The van der Waals surface area contributed by atoms with E-state index in [0.717, 1.165) is 17.9 Å². The van der Waals surface area contributed by atoms with Crippen molar-refractivity contribution >= 4 is 11.7 Å². The smallest absolute Gasteiger partial charge is 0.371 e. The third-order valence-electron chi connectivity index (χ3n) is 2.67. The molecule has 106 valence electrons. The molecule has 0 fully saturated rings. The second-order valence-electron chi connectivity index (χ2n) is 4.27. The summed E-state index contributed by atoms with van der Waals surface area (Å²) in [6, 6.07) is 10.7. The summed E-state index contributed by atoms with van der Waals surface area (Å²) in [7, 11) is 0. The van der Waals surface area contributed by atoms with Gasteiger partial charge in [0.15, 0.2) is 0 Å². The monoisotopic (exact) mass is 275 g/mol. The highest BCUT2D eigenvalue weighted by Gasteiger charge is 2.09. The number of benzene rings is 1. The van der Waals surface area contributed by atoms with E-state index in [-0.39, 0.29) is 5.76 Å². The quantitative estimate of drug-likeness (QED) is 0.810. The van der Waals surface area contributed by atoms with Crippen LogP contribution in [-0.2, 0) is 6.54 Å². The van der Waals surface area contributed by atoms with E-state index in [4.69, 9.17) is 14.3 Å². The number of carbonyl (C=O) groups is 1. The molecule has 0 radical (unpaired) electrons. The number of para-hydroxylation sites is 2. The molecule has 0 bridgehead atoms. The fourth-order valence-corrected chi connectivity index (χ4v) is 1.72. The van der Waals surface area contributed by atoms with Gasteiger partial charge in [0.2, 0.25) is 5.76 Å². The average Bonchev–Trinajstić information content (AvgIpc) is 2.93. The number of hydrogen-bond donors (Lipinski definition) is 2. The zero-order valence-corrected chi connectivity index (χ0v) is 11.3. The maximum atomic E-state index is 10.7. The van der Waals surface area contributed by atoms with E-state index < -0.39 is 5.97 Å². The summed E-state index contributed by atoms with van der Waals surface area (Å²) in [4.78, 5) is 10.7. The van der Waals surface area contributed by atoms with Gasteiger partial charge in [-0.1, -0.05) is 19.1 Å². The van der Waals surface area contributed by atoms with E-state index >= 15 is 0 Å². The highest BCUT2D eigenvalue weighted by atomic mass is 16.5. The summed E-state index contributed by atoms with van der Waals surface area (Å²) in [5.74, 6) is 0.215. The van der Waals surface area contributed by atoms with Crippen LogP contribution in [0.15, 0.2) is 40.8 Å². The van der Waals surface area contributed by atoms with Crippen LogP contribution in [0, 0.1) is 0 Å². The number of furan rings is 1. The van der Waals surface area contributed by atoms with E-state index in [1.807, 2.05) is 31.2 Å². The van der Waals surface area contributed by atoms with Crippen LogP contribution in [0.4, 0.5) is 5.69 Å². The van der Waals surface area contributed by atoms with Gasteiger partial charge in [-0.3, -0.25) is 0 Å². The van der Waals surface area contributed by atoms with Crippen LogP contribution in [0.25, 0.3) is 0 Å². The predicted molar refractivity (Wildman–Crippen MR) is 75.2 cm³/mol. The van der Waals surface area contributed by atoms with Crippen LogP contribution >= 0.6 is 0 Å². The Morgan fingerprint density at radius 1 is 1.30 bits per heavy atom. The van der Waals surface area contributed by atoms with Gasteiger partial charge in [-0.2, -0.15) is 0 Å². The van der Waals surface area contributed by atoms with E-state index in [0.29, 0.717) is 18.9 Å². The fraction of sp³-hybridized carbons (Fsp3) is 0.267. The lowest BCUT2D eigenvalue weighted by atomic mass is 10.3. The zero-order chi connectivity index (χ0) is 14.4. The van der Waals surface area contributed by atoms with Gasteiger partial charge in [-0.15, -0.1) is 0 Å². The van der Waals surface area contributed by atoms with E-state index in [9.17, 15) is 4.79 Å². The Morgan fingerprint density at radius 3 is 2.80 bits per heavy atom. The number of nitrogens with one attached hydrogen (secondary N) is 1. The van der Waals surface area contributed by atoms with Crippen molar-refractivity contribution in [3.05, 3.63) is 47.9 Å². The molecule has 0 atom stereocenters. The summed E-state index contributed by atoms with van der Waals surface area (Å²) in [5.41, 5.74) is 0.856. The number of carboxylic acid groups (broad SMARTS) is 1. The average molecular weight is 275 g/mol. The highest BCUT2D eigenvalue weighted by Crippen LogP contribution is 2.24. The van der Waals surface area contributed by atoms with Crippen molar-refractivity contribution in [2.45, 2.75) is 19.9 Å². The van der Waals surface area contributed by atoms with Crippen molar-refractivity contribution in [1.29, 1.82) is 0 Å². The third-order valence-corrected chi connectivity index (χ3v) is 2.67. The third kappa shape index (κ3) is 3.54. The SMILES string of the molecule is CCCOc1ccccc1NCc1ccc(C(=O)O)o1. The Bertz CT molecular complexity index is 577. The first-order valence-electron chi connectivity index (χ1n) is 6.48. The summed E-state index contributed by atoms with van der Waals surface area (Å²) in [5, 5.41) is 12.0. The maximum absolute atomic E-state index is 10.7. The van der Waals surface area contributed by atoms with Crippen molar-refractivity contribution in [2.24, 2.45) is 0 Å². The molecule has 0 aliphatic rings. The highest BCUT2D eigenvalue weighted by molar-refractivity contribution is 5.84. The zero-order valence-electron chi connectivity index (χ0n) is 11.3. The van der Waals surface area contributed by atoms with Gasteiger partial charge in [0.05, 0.1) is 18.8 Å². The summed E-state index contributed by atoms with van der Waals surface area (Å²) in [6.45, 7) is 3.11. The second kappa shape index (κ2) is 6.65. The molecule has 1 aromatic heterocycles. The van der Waals surface area contributed by atoms with Crippen LogP contribution in [0.2, 0.25) is 0 Å². The van der Waals surface area contributed by atoms with Crippen LogP contribution in [0.1, 0.15) is 29.7 Å². The van der Waals surface area contributed by atoms with E-state index in [1.165, 1.54) is 6.07 Å². The lowest BCUT2D eigenvalue weighted by molar-refractivity contribution is 0.0660. The van der Waals surface area contributed by atoms with Gasteiger partial charge in [-0.05, 0) is 30.7 Å². The molecule has 2 rings (SSSR count). The molecule has 5 nitrogen and oxygen atoms in total. The molecule has 1 aromatic carbocycles. The Balaban J connectivity index is 2.00. The molecule has 0 amide bonds. The first-order valence-corrected chi connectivity index (χ1v) is 6.48. The molecule has 0 unspecified atom stereocenters. The predicted octanol–water partition coefficient (Wildman–Crippen LogP) is 3.38. The van der Waals surface area contributed by atoms with Gasteiger partial charge in [0.1, 0.15) is 11.5 Å². The molecular weight excluding hydrogens is 258 g/mol. The Hall–Kier alpha value is -2.43. The molecular formula is C15H17NO4. The second-order valence-corrected chi connectivity index (χ2v) is 4.27. The minimum absolute atomic E-state index is 0.0580. The minimum Gasteiger partial charge on any atom is -0.491 e. The first-order chi connectivity index (χ1) is 9.70. The Morgan fingerprint density at radius 2 is 2.10 bits per heavy atom. The van der Waals surface area contributed by atoms with Gasteiger partial charge in [0, 0.05) is 0 Å². The molecule has 0 spiro atoms. The van der Waals surface area contributed by atoms with Crippen molar-refractivity contribution in [3.8, 4) is 5.75 Å². The van der Waals surface area contributed by atoms with Gasteiger partial charge in [0.25, 0.3) is 0 Å². The van der Waals surface area contributed by atoms with Crippen LogP contribution in [0.3, 0.4) is 0 Å². The van der Waals surface area contributed by atoms with Crippen LogP contribution in [0.5, 0.6) is 5.75 Å². The molecule has 0 aliphatic carbocycles. The van der Waals surface area contributed by atoms with Crippen LogP contribution in [-0.4, -0.2) is 17.7 Å². The van der Waals surface area contributed by atoms with Crippen LogP contribution < -0.4 is 10.1 Å². The van der Waals surface area contributed by atoms with Crippen molar-refractivity contribution in [1.82, 2.24) is 0 Å². The van der Waals surface area contributed by atoms with Crippen molar-refractivity contribution in [3.63, 3.8) is 0 Å². The lowest BCUT2D eigenvalue weighted by Crippen LogP contribution is -2.03. The van der Waals surface area contributed by atoms with Crippen molar-refractivity contribution < 1.29 is 19.1 Å².